The van der Waals surface area contributed by atoms with Gasteiger partial charge in [-0.1, -0.05) is 6.07 Å². The van der Waals surface area contributed by atoms with Crippen LogP contribution in [0.5, 0.6) is 0 Å². The Morgan fingerprint density at radius 1 is 1.47 bits per heavy atom. The predicted octanol–water partition coefficient (Wildman–Crippen LogP) is 3.35. The minimum Gasteiger partial charge on any atom is -0.481 e. The van der Waals surface area contributed by atoms with Gasteiger partial charge in [-0.05, 0) is 34.0 Å². The van der Waals surface area contributed by atoms with Gasteiger partial charge < -0.3 is 5.11 Å². The first-order valence-electron chi connectivity index (χ1n) is 4.70. The molecule has 0 fully saturated rings. The van der Waals surface area contributed by atoms with Crippen molar-refractivity contribution in [3.05, 3.63) is 28.5 Å². The molecule has 1 atom stereocenters. The normalized spacial score (nSPS) is 13.4. The topological polar surface area (TPSA) is 50.2 Å². The van der Waals surface area contributed by atoms with E-state index in [-0.39, 0.29) is 5.56 Å². The van der Waals surface area contributed by atoms with Crippen LogP contribution in [0.3, 0.4) is 0 Å². The van der Waals surface area contributed by atoms with Crippen LogP contribution in [0.4, 0.5) is 13.2 Å². The number of alkyl halides is 3. The van der Waals surface area contributed by atoms with Crippen molar-refractivity contribution < 1.29 is 23.1 Å². The van der Waals surface area contributed by atoms with Crippen molar-refractivity contribution in [1.29, 1.82) is 0 Å². The largest absolute Gasteiger partial charge is 0.481 e. The molecule has 1 aromatic rings. The molecular formula is C10H9BrF3NO2. The van der Waals surface area contributed by atoms with Gasteiger partial charge in [-0.3, -0.25) is 4.79 Å². The Labute approximate surface area is 104 Å². The molecule has 1 aromatic heterocycles. The van der Waals surface area contributed by atoms with Gasteiger partial charge in [0.1, 0.15) is 4.60 Å². The van der Waals surface area contributed by atoms with E-state index in [1.165, 1.54) is 12.1 Å². The first kappa shape index (κ1) is 14.0. The van der Waals surface area contributed by atoms with E-state index in [0.717, 1.165) is 6.20 Å². The fourth-order valence-electron chi connectivity index (χ4n) is 1.38. The minimum atomic E-state index is -4.47. The Balaban J connectivity index is 2.90. The summed E-state index contributed by atoms with van der Waals surface area (Å²) in [5, 5.41) is 8.43. The van der Waals surface area contributed by atoms with Crippen LogP contribution in [0, 0.1) is 0 Å². The van der Waals surface area contributed by atoms with Crippen LogP contribution < -0.4 is 0 Å². The number of nitrogens with zero attached hydrogens (tertiary/aromatic N) is 1. The number of carboxylic acids is 1. The molecule has 1 N–H and O–H groups in total. The monoisotopic (exact) mass is 311 g/mol. The van der Waals surface area contributed by atoms with E-state index in [2.05, 4.69) is 20.9 Å². The lowest BCUT2D eigenvalue weighted by Gasteiger charge is -2.19. The van der Waals surface area contributed by atoms with Crippen LogP contribution in [-0.4, -0.2) is 22.2 Å². The van der Waals surface area contributed by atoms with Crippen molar-refractivity contribution >= 4 is 21.9 Å². The van der Waals surface area contributed by atoms with Crippen molar-refractivity contribution in [3.63, 3.8) is 0 Å². The molecule has 0 saturated heterocycles. The molecule has 0 aliphatic heterocycles. The number of rotatable bonds is 4. The first-order valence-corrected chi connectivity index (χ1v) is 5.50. The average Bonchev–Trinajstić information content (AvgIpc) is 2.18. The molecule has 0 aliphatic rings. The molecule has 7 heteroatoms. The summed E-state index contributed by atoms with van der Waals surface area (Å²) < 4.78 is 38.6. The third-order valence-corrected chi connectivity index (χ3v) is 2.66. The molecule has 0 aliphatic carbocycles. The van der Waals surface area contributed by atoms with Gasteiger partial charge in [-0.2, -0.15) is 13.2 Å². The number of pyridine rings is 1. The minimum absolute atomic E-state index is 0.0260. The molecule has 1 heterocycles. The number of carbonyl (C=O) groups is 1. The summed E-state index contributed by atoms with van der Waals surface area (Å²) >= 11 is 3.02. The van der Waals surface area contributed by atoms with Gasteiger partial charge >= 0.3 is 12.1 Å². The number of hydrogen-bond donors (Lipinski definition) is 1. The van der Waals surface area contributed by atoms with Crippen molar-refractivity contribution in [2.45, 2.75) is 24.9 Å². The zero-order chi connectivity index (χ0) is 13.1. The van der Waals surface area contributed by atoms with E-state index < -0.39 is 30.9 Å². The van der Waals surface area contributed by atoms with Crippen molar-refractivity contribution in [2.24, 2.45) is 0 Å². The van der Waals surface area contributed by atoms with Crippen LogP contribution >= 0.6 is 15.9 Å². The van der Waals surface area contributed by atoms with Crippen LogP contribution in [0.25, 0.3) is 0 Å². The molecule has 0 spiro atoms. The highest BCUT2D eigenvalue weighted by atomic mass is 79.9. The maximum absolute atomic E-state index is 12.7. The second-order valence-electron chi connectivity index (χ2n) is 3.44. The number of aliphatic carboxylic acids is 1. The van der Waals surface area contributed by atoms with E-state index in [1.807, 2.05) is 0 Å². The van der Waals surface area contributed by atoms with Gasteiger partial charge in [0.25, 0.3) is 0 Å². The van der Waals surface area contributed by atoms with E-state index in [0.29, 0.717) is 4.60 Å². The highest BCUT2D eigenvalue weighted by molar-refractivity contribution is 9.10. The summed E-state index contributed by atoms with van der Waals surface area (Å²) in [6, 6.07) is 2.69. The first-order chi connectivity index (χ1) is 7.80. The highest BCUT2D eigenvalue weighted by Gasteiger charge is 2.40. The predicted molar refractivity (Wildman–Crippen MR) is 57.6 cm³/mol. The SMILES string of the molecule is O=C(O)CCC(c1ccc(Br)nc1)C(F)(F)F. The molecule has 0 amide bonds. The highest BCUT2D eigenvalue weighted by Crippen LogP contribution is 2.38. The van der Waals surface area contributed by atoms with E-state index in [9.17, 15) is 18.0 Å². The van der Waals surface area contributed by atoms with E-state index >= 15 is 0 Å². The van der Waals surface area contributed by atoms with Gasteiger partial charge in [-0.15, -0.1) is 0 Å². The second-order valence-corrected chi connectivity index (χ2v) is 4.25. The molecule has 17 heavy (non-hydrogen) atoms. The molecule has 0 radical (unpaired) electrons. The van der Waals surface area contributed by atoms with Crippen LogP contribution in [0.1, 0.15) is 24.3 Å². The number of halogens is 4. The lowest BCUT2D eigenvalue weighted by atomic mass is 9.95. The fourth-order valence-corrected chi connectivity index (χ4v) is 1.62. The number of aromatic nitrogens is 1. The van der Waals surface area contributed by atoms with Gasteiger partial charge in [0.15, 0.2) is 0 Å². The summed E-state index contributed by atoms with van der Waals surface area (Å²) in [6.07, 6.45) is -4.38. The quantitative estimate of drug-likeness (QED) is 0.867. The maximum Gasteiger partial charge on any atom is 0.395 e. The fraction of sp³-hybridized carbons (Fsp3) is 0.400. The van der Waals surface area contributed by atoms with Gasteiger partial charge in [0, 0.05) is 12.6 Å². The third-order valence-electron chi connectivity index (χ3n) is 2.19. The number of hydrogen-bond acceptors (Lipinski definition) is 2. The standard InChI is InChI=1S/C10H9BrF3NO2/c11-8-3-1-6(5-15-8)7(10(12,13)14)2-4-9(16)17/h1,3,5,7H,2,4H2,(H,16,17). The van der Waals surface area contributed by atoms with E-state index in [4.69, 9.17) is 5.11 Å². The average molecular weight is 312 g/mol. The van der Waals surface area contributed by atoms with Crippen LogP contribution in [0.2, 0.25) is 0 Å². The summed E-state index contributed by atoms with van der Waals surface area (Å²) in [6.45, 7) is 0. The Morgan fingerprint density at radius 3 is 2.53 bits per heavy atom. The molecule has 94 valence electrons. The lowest BCUT2D eigenvalue weighted by Crippen LogP contribution is -2.22. The molecule has 1 rings (SSSR count). The van der Waals surface area contributed by atoms with E-state index in [1.54, 1.807) is 0 Å². The number of carboxylic acid groups (broad SMARTS) is 1. The zero-order valence-electron chi connectivity index (χ0n) is 8.54. The van der Waals surface area contributed by atoms with Crippen LogP contribution in [-0.2, 0) is 4.79 Å². The third kappa shape index (κ3) is 4.33. The van der Waals surface area contributed by atoms with Gasteiger partial charge in [-0.25, -0.2) is 4.98 Å². The molecular weight excluding hydrogens is 303 g/mol. The van der Waals surface area contributed by atoms with Gasteiger partial charge in [0.05, 0.1) is 5.92 Å². The smallest absolute Gasteiger partial charge is 0.395 e. The summed E-state index contributed by atoms with van der Waals surface area (Å²) in [5.74, 6) is -3.04. The second kappa shape index (κ2) is 5.48. The Bertz CT molecular complexity index is 392. The Hall–Kier alpha value is -1.11. The Morgan fingerprint density at radius 2 is 2.12 bits per heavy atom. The molecule has 1 unspecified atom stereocenters. The summed E-state index contributed by atoms with van der Waals surface area (Å²) in [5.41, 5.74) is -0.0260. The van der Waals surface area contributed by atoms with Crippen molar-refractivity contribution in [2.75, 3.05) is 0 Å². The molecule has 3 nitrogen and oxygen atoms in total. The lowest BCUT2D eigenvalue weighted by molar-refractivity contribution is -0.154. The Kier molecular flexibility index (Phi) is 4.50. The molecule has 0 bridgehead atoms. The van der Waals surface area contributed by atoms with Gasteiger partial charge in [0.2, 0.25) is 0 Å². The molecule has 0 aromatic carbocycles. The summed E-state index contributed by atoms with van der Waals surface area (Å²) in [4.78, 5) is 14.0. The summed E-state index contributed by atoms with van der Waals surface area (Å²) in [7, 11) is 0. The molecule has 0 saturated carbocycles. The maximum atomic E-state index is 12.7. The zero-order valence-corrected chi connectivity index (χ0v) is 10.1. The van der Waals surface area contributed by atoms with Crippen LogP contribution in [0.15, 0.2) is 22.9 Å². The van der Waals surface area contributed by atoms with Crippen molar-refractivity contribution in [1.82, 2.24) is 4.98 Å². The van der Waals surface area contributed by atoms with Crippen molar-refractivity contribution in [3.8, 4) is 0 Å².